The van der Waals surface area contributed by atoms with E-state index in [0.717, 1.165) is 24.0 Å². The number of carbonyl (C=O) groups is 2. The molecule has 0 bridgehead atoms. The average Bonchev–Trinajstić information content (AvgIpc) is 2.38. The molecule has 0 heterocycles. The molecular formula is C14H19ClN2O2. The van der Waals surface area contributed by atoms with Crippen molar-refractivity contribution in [2.75, 3.05) is 5.32 Å². The quantitative estimate of drug-likeness (QED) is 0.893. The fourth-order valence-electron chi connectivity index (χ4n) is 2.13. The first-order valence-electron chi connectivity index (χ1n) is 6.34. The number of aryl methyl sites for hydroxylation is 1. The van der Waals surface area contributed by atoms with E-state index in [1.807, 2.05) is 19.1 Å². The Hall–Kier alpha value is -1.39. The minimum atomic E-state index is -0.503. The van der Waals surface area contributed by atoms with E-state index in [1.54, 1.807) is 6.07 Å². The van der Waals surface area contributed by atoms with Gasteiger partial charge in [0.25, 0.3) is 0 Å². The van der Waals surface area contributed by atoms with Gasteiger partial charge in [-0.2, -0.15) is 0 Å². The number of benzene rings is 1. The highest BCUT2D eigenvalue weighted by Gasteiger charge is 2.18. The minimum absolute atomic E-state index is 0. The number of carbonyl (C=O) groups excluding carboxylic acids is 2. The van der Waals surface area contributed by atoms with Crippen molar-refractivity contribution in [2.45, 2.75) is 38.6 Å². The minimum Gasteiger partial charge on any atom is -0.325 e. The summed E-state index contributed by atoms with van der Waals surface area (Å²) in [7, 11) is 0. The first-order chi connectivity index (χ1) is 8.61. The lowest BCUT2D eigenvalue weighted by Crippen LogP contribution is -2.34. The highest BCUT2D eigenvalue weighted by atomic mass is 35.5. The molecule has 0 spiro atoms. The topological polar surface area (TPSA) is 72.2 Å². The fraction of sp³-hybridized carbons (Fsp3) is 0.429. The molecule has 2 rings (SSSR count). The Balaban J connectivity index is 0.00000180. The van der Waals surface area contributed by atoms with Gasteiger partial charge in [-0.15, -0.1) is 12.4 Å². The SMILES string of the molecule is CCC(N)C(=O)Nc1ccc2c(c1)C(=O)CCC2.Cl. The van der Waals surface area contributed by atoms with Crippen LogP contribution in [-0.4, -0.2) is 17.7 Å². The van der Waals surface area contributed by atoms with Crippen molar-refractivity contribution in [1.82, 2.24) is 0 Å². The molecule has 1 aromatic rings. The number of rotatable bonds is 3. The van der Waals surface area contributed by atoms with Gasteiger partial charge >= 0.3 is 0 Å². The molecule has 1 aromatic carbocycles. The van der Waals surface area contributed by atoms with Gasteiger partial charge in [0.05, 0.1) is 6.04 Å². The van der Waals surface area contributed by atoms with Crippen LogP contribution in [0.4, 0.5) is 5.69 Å². The van der Waals surface area contributed by atoms with E-state index in [9.17, 15) is 9.59 Å². The molecule has 19 heavy (non-hydrogen) atoms. The van der Waals surface area contributed by atoms with Gasteiger partial charge in [0.1, 0.15) is 0 Å². The normalized spacial score (nSPS) is 15.2. The molecule has 1 aliphatic carbocycles. The molecule has 1 atom stereocenters. The number of nitrogens with one attached hydrogen (secondary N) is 1. The monoisotopic (exact) mass is 282 g/mol. The third kappa shape index (κ3) is 3.55. The molecule has 1 aliphatic rings. The second kappa shape index (κ2) is 6.68. The van der Waals surface area contributed by atoms with Gasteiger partial charge in [-0.25, -0.2) is 0 Å². The van der Waals surface area contributed by atoms with Crippen molar-refractivity contribution >= 4 is 29.8 Å². The maximum Gasteiger partial charge on any atom is 0.241 e. The van der Waals surface area contributed by atoms with E-state index in [2.05, 4.69) is 5.32 Å². The summed E-state index contributed by atoms with van der Waals surface area (Å²) in [4.78, 5) is 23.4. The first-order valence-corrected chi connectivity index (χ1v) is 6.34. The second-order valence-electron chi connectivity index (χ2n) is 4.65. The summed E-state index contributed by atoms with van der Waals surface area (Å²) >= 11 is 0. The first kappa shape index (κ1) is 15.7. The molecule has 104 valence electrons. The highest BCUT2D eigenvalue weighted by molar-refractivity contribution is 6.01. The van der Waals surface area contributed by atoms with Crippen LogP contribution in [-0.2, 0) is 11.2 Å². The number of anilines is 1. The number of halogens is 1. The van der Waals surface area contributed by atoms with E-state index in [4.69, 9.17) is 5.73 Å². The summed E-state index contributed by atoms with van der Waals surface area (Å²) in [6.07, 6.45) is 3.04. The van der Waals surface area contributed by atoms with E-state index < -0.39 is 6.04 Å². The van der Waals surface area contributed by atoms with Gasteiger partial charge in [-0.05, 0) is 37.0 Å². The predicted molar refractivity (Wildman–Crippen MR) is 77.9 cm³/mol. The Morgan fingerprint density at radius 1 is 1.42 bits per heavy atom. The molecular weight excluding hydrogens is 264 g/mol. The number of Topliss-reactive ketones (excluding diaryl/α,β-unsaturated/α-hetero) is 1. The van der Waals surface area contributed by atoms with Crippen molar-refractivity contribution in [3.05, 3.63) is 29.3 Å². The molecule has 0 saturated heterocycles. The van der Waals surface area contributed by atoms with Crippen molar-refractivity contribution in [1.29, 1.82) is 0 Å². The van der Waals surface area contributed by atoms with Crippen LogP contribution in [0.1, 0.15) is 42.1 Å². The van der Waals surface area contributed by atoms with Gasteiger partial charge in [0.2, 0.25) is 5.91 Å². The third-order valence-corrected chi connectivity index (χ3v) is 3.30. The molecule has 0 fully saturated rings. The summed E-state index contributed by atoms with van der Waals surface area (Å²) in [6, 6.07) is 5.01. The van der Waals surface area contributed by atoms with E-state index in [-0.39, 0.29) is 24.1 Å². The number of fused-ring (bicyclic) bond motifs is 1. The van der Waals surface area contributed by atoms with Crippen LogP contribution < -0.4 is 11.1 Å². The van der Waals surface area contributed by atoms with Crippen LogP contribution >= 0.6 is 12.4 Å². The zero-order chi connectivity index (χ0) is 13.1. The number of hydrogen-bond donors (Lipinski definition) is 2. The molecule has 4 nitrogen and oxygen atoms in total. The van der Waals surface area contributed by atoms with Crippen LogP contribution in [0.3, 0.4) is 0 Å². The maximum absolute atomic E-state index is 11.8. The number of nitrogens with two attached hydrogens (primary N) is 1. The molecule has 0 saturated carbocycles. The Labute approximate surface area is 119 Å². The van der Waals surface area contributed by atoms with Crippen LogP contribution in [0, 0.1) is 0 Å². The Morgan fingerprint density at radius 3 is 2.84 bits per heavy atom. The lowest BCUT2D eigenvalue weighted by molar-refractivity contribution is -0.117. The summed E-state index contributed by atoms with van der Waals surface area (Å²) in [5.74, 6) is -0.0483. The number of amides is 1. The van der Waals surface area contributed by atoms with Gasteiger partial charge in [-0.3, -0.25) is 9.59 Å². The van der Waals surface area contributed by atoms with Crippen molar-refractivity contribution in [2.24, 2.45) is 5.73 Å². The second-order valence-corrected chi connectivity index (χ2v) is 4.65. The summed E-state index contributed by atoms with van der Waals surface area (Å²) in [6.45, 7) is 1.86. The summed E-state index contributed by atoms with van der Waals surface area (Å²) in [5.41, 5.74) is 8.11. The lowest BCUT2D eigenvalue weighted by Gasteiger charge is -2.16. The van der Waals surface area contributed by atoms with Gasteiger partial charge in [-0.1, -0.05) is 13.0 Å². The maximum atomic E-state index is 11.8. The van der Waals surface area contributed by atoms with Crippen LogP contribution in [0.5, 0.6) is 0 Å². The van der Waals surface area contributed by atoms with Crippen molar-refractivity contribution < 1.29 is 9.59 Å². The lowest BCUT2D eigenvalue weighted by atomic mass is 9.90. The third-order valence-electron chi connectivity index (χ3n) is 3.30. The van der Waals surface area contributed by atoms with Gasteiger partial charge in [0.15, 0.2) is 5.78 Å². The Morgan fingerprint density at radius 2 is 2.16 bits per heavy atom. The van der Waals surface area contributed by atoms with E-state index in [1.165, 1.54) is 0 Å². The van der Waals surface area contributed by atoms with Gasteiger partial charge in [0, 0.05) is 17.7 Å². The zero-order valence-corrected chi connectivity index (χ0v) is 11.8. The van der Waals surface area contributed by atoms with Crippen LogP contribution in [0.15, 0.2) is 18.2 Å². The van der Waals surface area contributed by atoms with E-state index >= 15 is 0 Å². The zero-order valence-electron chi connectivity index (χ0n) is 10.9. The molecule has 1 unspecified atom stereocenters. The predicted octanol–water partition coefficient (Wildman–Crippen LogP) is 2.30. The number of hydrogen-bond acceptors (Lipinski definition) is 3. The average molecular weight is 283 g/mol. The van der Waals surface area contributed by atoms with Crippen molar-refractivity contribution in [3.8, 4) is 0 Å². The smallest absolute Gasteiger partial charge is 0.241 e. The largest absolute Gasteiger partial charge is 0.325 e. The molecule has 1 amide bonds. The summed E-state index contributed by atoms with van der Waals surface area (Å²) in [5, 5.41) is 2.75. The van der Waals surface area contributed by atoms with Crippen molar-refractivity contribution in [3.63, 3.8) is 0 Å². The molecule has 5 heteroatoms. The highest BCUT2D eigenvalue weighted by Crippen LogP contribution is 2.24. The molecule has 0 aromatic heterocycles. The van der Waals surface area contributed by atoms with Crippen LogP contribution in [0.25, 0.3) is 0 Å². The fourth-order valence-corrected chi connectivity index (χ4v) is 2.13. The standard InChI is InChI=1S/C14H18N2O2.ClH/c1-2-12(15)14(18)16-10-7-6-9-4-3-5-13(17)11(9)8-10;/h6-8,12H,2-5,15H2,1H3,(H,16,18);1H. The van der Waals surface area contributed by atoms with Crippen LogP contribution in [0.2, 0.25) is 0 Å². The van der Waals surface area contributed by atoms with Gasteiger partial charge < -0.3 is 11.1 Å². The molecule has 3 N–H and O–H groups in total. The Kier molecular flexibility index (Phi) is 5.51. The van der Waals surface area contributed by atoms with E-state index in [0.29, 0.717) is 18.5 Å². The Bertz CT molecular complexity index is 488. The summed E-state index contributed by atoms with van der Waals surface area (Å²) < 4.78 is 0. The molecule has 0 radical (unpaired) electrons. The molecule has 0 aliphatic heterocycles. The number of ketones is 1.